The van der Waals surface area contributed by atoms with E-state index in [2.05, 4.69) is 10.6 Å². The molecule has 1 aliphatic carbocycles. The van der Waals surface area contributed by atoms with Crippen LogP contribution in [-0.4, -0.2) is 11.8 Å². The van der Waals surface area contributed by atoms with Crippen LogP contribution in [0.2, 0.25) is 5.02 Å². The van der Waals surface area contributed by atoms with Crippen molar-refractivity contribution in [3.05, 3.63) is 58.9 Å². The quantitative estimate of drug-likeness (QED) is 0.879. The summed E-state index contributed by atoms with van der Waals surface area (Å²) in [4.78, 5) is 24.3. The standard InChI is InChI=1S/C18H16ClFN2O2/c1-10-2-4-11(5-3-10)21-17(23)13-9-14(13)18(24)22-12-6-7-16(20)15(19)8-12/h2-8,13-14H,9H2,1H3,(H,21,23)(H,22,24). The zero-order chi connectivity index (χ0) is 17.3. The van der Waals surface area contributed by atoms with E-state index in [1.807, 2.05) is 31.2 Å². The number of benzene rings is 2. The molecule has 0 bridgehead atoms. The van der Waals surface area contributed by atoms with Gasteiger partial charge in [-0.1, -0.05) is 29.3 Å². The Bertz CT molecular complexity index is 792. The highest BCUT2D eigenvalue weighted by Gasteiger charge is 2.48. The van der Waals surface area contributed by atoms with Gasteiger partial charge in [0.25, 0.3) is 0 Å². The molecular formula is C18H16ClFN2O2. The van der Waals surface area contributed by atoms with Gasteiger partial charge in [-0.25, -0.2) is 4.39 Å². The molecule has 0 heterocycles. The van der Waals surface area contributed by atoms with Gasteiger partial charge in [0.15, 0.2) is 0 Å². The maximum atomic E-state index is 13.1. The molecule has 0 aliphatic heterocycles. The molecule has 124 valence electrons. The van der Waals surface area contributed by atoms with Crippen LogP contribution in [-0.2, 0) is 9.59 Å². The Morgan fingerprint density at radius 2 is 1.54 bits per heavy atom. The molecule has 4 nitrogen and oxygen atoms in total. The van der Waals surface area contributed by atoms with Crippen LogP contribution >= 0.6 is 11.6 Å². The maximum Gasteiger partial charge on any atom is 0.228 e. The van der Waals surface area contributed by atoms with Crippen LogP contribution in [0.1, 0.15) is 12.0 Å². The number of amides is 2. The van der Waals surface area contributed by atoms with Crippen molar-refractivity contribution in [2.24, 2.45) is 11.8 Å². The lowest BCUT2D eigenvalue weighted by molar-refractivity contribution is -0.122. The first-order valence-electron chi connectivity index (χ1n) is 7.57. The molecule has 0 radical (unpaired) electrons. The number of hydrogen-bond donors (Lipinski definition) is 2. The van der Waals surface area contributed by atoms with E-state index in [1.165, 1.54) is 18.2 Å². The Labute approximate surface area is 144 Å². The summed E-state index contributed by atoms with van der Waals surface area (Å²) in [5, 5.41) is 5.41. The summed E-state index contributed by atoms with van der Waals surface area (Å²) in [5.41, 5.74) is 2.23. The second-order valence-corrected chi connectivity index (χ2v) is 6.33. The van der Waals surface area contributed by atoms with E-state index in [4.69, 9.17) is 11.6 Å². The van der Waals surface area contributed by atoms with Gasteiger partial charge in [0.1, 0.15) is 5.82 Å². The van der Waals surface area contributed by atoms with Crippen LogP contribution in [0.5, 0.6) is 0 Å². The van der Waals surface area contributed by atoms with Crippen LogP contribution < -0.4 is 10.6 Å². The molecule has 0 spiro atoms. The van der Waals surface area contributed by atoms with Crippen LogP contribution in [0, 0.1) is 24.6 Å². The van der Waals surface area contributed by atoms with Crippen molar-refractivity contribution in [1.29, 1.82) is 0 Å². The van der Waals surface area contributed by atoms with E-state index in [-0.39, 0.29) is 28.7 Å². The normalized spacial score (nSPS) is 18.8. The molecule has 1 saturated carbocycles. The van der Waals surface area contributed by atoms with Gasteiger partial charge in [-0.05, 0) is 43.7 Å². The fraction of sp³-hybridized carbons (Fsp3) is 0.222. The summed E-state index contributed by atoms with van der Waals surface area (Å²) < 4.78 is 13.1. The first-order valence-corrected chi connectivity index (χ1v) is 7.95. The molecule has 0 aromatic heterocycles. The van der Waals surface area contributed by atoms with Crippen molar-refractivity contribution in [3.63, 3.8) is 0 Å². The molecule has 3 rings (SSSR count). The number of halogens is 2. The number of aryl methyl sites for hydroxylation is 1. The molecule has 24 heavy (non-hydrogen) atoms. The number of carbonyl (C=O) groups excluding carboxylic acids is 2. The number of nitrogens with one attached hydrogen (secondary N) is 2. The minimum atomic E-state index is -0.545. The lowest BCUT2D eigenvalue weighted by Gasteiger charge is -2.07. The summed E-state index contributed by atoms with van der Waals surface area (Å²) >= 11 is 5.68. The van der Waals surface area contributed by atoms with Gasteiger partial charge in [-0.15, -0.1) is 0 Å². The highest BCUT2D eigenvalue weighted by molar-refractivity contribution is 6.31. The maximum absolute atomic E-state index is 13.1. The highest BCUT2D eigenvalue weighted by Crippen LogP contribution is 2.40. The van der Waals surface area contributed by atoms with E-state index < -0.39 is 5.82 Å². The van der Waals surface area contributed by atoms with Gasteiger partial charge in [-0.2, -0.15) is 0 Å². The van der Waals surface area contributed by atoms with Crippen LogP contribution in [0.3, 0.4) is 0 Å². The van der Waals surface area contributed by atoms with Crippen molar-refractivity contribution in [2.45, 2.75) is 13.3 Å². The summed E-state index contributed by atoms with van der Waals surface area (Å²) in [7, 11) is 0. The van der Waals surface area contributed by atoms with Gasteiger partial charge >= 0.3 is 0 Å². The zero-order valence-corrected chi connectivity index (χ0v) is 13.7. The van der Waals surface area contributed by atoms with Crippen LogP contribution in [0.4, 0.5) is 15.8 Å². The lowest BCUT2D eigenvalue weighted by Crippen LogP contribution is -2.20. The van der Waals surface area contributed by atoms with Gasteiger partial charge in [0, 0.05) is 11.4 Å². The fourth-order valence-electron chi connectivity index (χ4n) is 2.46. The largest absolute Gasteiger partial charge is 0.326 e. The first-order chi connectivity index (χ1) is 11.4. The molecule has 2 N–H and O–H groups in total. The lowest BCUT2D eigenvalue weighted by atomic mass is 10.2. The molecule has 1 fully saturated rings. The molecular weight excluding hydrogens is 331 g/mol. The average molecular weight is 347 g/mol. The Morgan fingerprint density at radius 1 is 1.00 bits per heavy atom. The Balaban J connectivity index is 1.55. The molecule has 2 aromatic carbocycles. The van der Waals surface area contributed by atoms with Crippen molar-refractivity contribution < 1.29 is 14.0 Å². The number of carbonyl (C=O) groups is 2. The molecule has 2 atom stereocenters. The molecule has 0 saturated heterocycles. The molecule has 1 aliphatic rings. The first kappa shape index (κ1) is 16.5. The van der Waals surface area contributed by atoms with Crippen LogP contribution in [0.15, 0.2) is 42.5 Å². The Morgan fingerprint density at radius 3 is 2.12 bits per heavy atom. The second kappa shape index (κ2) is 6.61. The van der Waals surface area contributed by atoms with E-state index in [0.29, 0.717) is 17.8 Å². The SMILES string of the molecule is Cc1ccc(NC(=O)C2CC2C(=O)Nc2ccc(F)c(Cl)c2)cc1. The topological polar surface area (TPSA) is 58.2 Å². The summed E-state index contributed by atoms with van der Waals surface area (Å²) in [6.07, 6.45) is 0.498. The highest BCUT2D eigenvalue weighted by atomic mass is 35.5. The molecule has 6 heteroatoms. The van der Waals surface area contributed by atoms with Gasteiger partial charge in [0.2, 0.25) is 11.8 Å². The predicted octanol–water partition coefficient (Wildman–Crippen LogP) is 4.00. The summed E-state index contributed by atoms with van der Waals surface area (Å²) in [5.74, 6) is -1.70. The third-order valence-electron chi connectivity index (χ3n) is 3.97. The Kier molecular flexibility index (Phi) is 4.53. The van der Waals surface area contributed by atoms with E-state index in [9.17, 15) is 14.0 Å². The zero-order valence-electron chi connectivity index (χ0n) is 13.0. The van der Waals surface area contributed by atoms with E-state index in [0.717, 1.165) is 5.56 Å². The van der Waals surface area contributed by atoms with Crippen molar-refractivity contribution in [1.82, 2.24) is 0 Å². The molecule has 2 amide bonds. The predicted molar refractivity (Wildman–Crippen MR) is 91.4 cm³/mol. The fourth-order valence-corrected chi connectivity index (χ4v) is 2.64. The van der Waals surface area contributed by atoms with Crippen LogP contribution in [0.25, 0.3) is 0 Å². The van der Waals surface area contributed by atoms with Gasteiger partial charge in [0.05, 0.1) is 16.9 Å². The second-order valence-electron chi connectivity index (χ2n) is 5.92. The number of anilines is 2. The summed E-state index contributed by atoms with van der Waals surface area (Å²) in [6.45, 7) is 1.97. The average Bonchev–Trinajstić information content (AvgIpc) is 3.34. The summed E-state index contributed by atoms with van der Waals surface area (Å²) in [6, 6.07) is 11.4. The minimum absolute atomic E-state index is 0.0581. The van der Waals surface area contributed by atoms with E-state index >= 15 is 0 Å². The third-order valence-corrected chi connectivity index (χ3v) is 4.26. The Hall–Kier alpha value is -2.40. The molecule has 2 unspecified atom stereocenters. The molecule has 2 aromatic rings. The third kappa shape index (κ3) is 3.74. The van der Waals surface area contributed by atoms with Crippen molar-refractivity contribution in [3.8, 4) is 0 Å². The van der Waals surface area contributed by atoms with Crippen molar-refractivity contribution in [2.75, 3.05) is 10.6 Å². The smallest absolute Gasteiger partial charge is 0.228 e. The van der Waals surface area contributed by atoms with Crippen molar-refractivity contribution >= 4 is 34.8 Å². The van der Waals surface area contributed by atoms with Gasteiger partial charge in [-0.3, -0.25) is 9.59 Å². The number of rotatable bonds is 4. The monoisotopic (exact) mass is 346 g/mol. The minimum Gasteiger partial charge on any atom is -0.326 e. The van der Waals surface area contributed by atoms with Gasteiger partial charge < -0.3 is 10.6 Å². The number of hydrogen-bond acceptors (Lipinski definition) is 2. The van der Waals surface area contributed by atoms with E-state index in [1.54, 1.807) is 0 Å².